The molecule has 0 saturated carbocycles. The molecule has 82 valence electrons. The Morgan fingerprint density at radius 3 is 2.60 bits per heavy atom. The fourth-order valence-corrected chi connectivity index (χ4v) is 2.13. The van der Waals surface area contributed by atoms with E-state index in [9.17, 15) is 8.78 Å². The number of halogens is 2. The second-order valence-corrected chi connectivity index (χ2v) is 4.30. The van der Waals surface area contributed by atoms with Crippen molar-refractivity contribution in [3.05, 3.63) is 35.4 Å². The van der Waals surface area contributed by atoms with Gasteiger partial charge in [0.2, 0.25) is 0 Å². The number of hydrogen-bond donors (Lipinski definition) is 0. The van der Waals surface area contributed by atoms with Crippen molar-refractivity contribution in [2.45, 2.75) is 32.4 Å². The normalized spacial score (nSPS) is 21.8. The van der Waals surface area contributed by atoms with Crippen LogP contribution < -0.4 is 0 Å². The van der Waals surface area contributed by atoms with Gasteiger partial charge in [-0.2, -0.15) is 0 Å². The van der Waals surface area contributed by atoms with Gasteiger partial charge in [0.25, 0.3) is 0 Å². The van der Waals surface area contributed by atoms with Crippen LogP contribution in [0.25, 0.3) is 0 Å². The van der Waals surface area contributed by atoms with E-state index in [2.05, 4.69) is 18.7 Å². The van der Waals surface area contributed by atoms with E-state index in [4.69, 9.17) is 0 Å². The molecule has 1 aromatic rings. The van der Waals surface area contributed by atoms with Crippen LogP contribution in [0.15, 0.2) is 18.2 Å². The van der Waals surface area contributed by atoms with Crippen LogP contribution in [0.2, 0.25) is 0 Å². The number of benzene rings is 1. The minimum Gasteiger partial charge on any atom is -0.294 e. The Balaban J connectivity index is 2.26. The summed E-state index contributed by atoms with van der Waals surface area (Å²) in [5.74, 6) is -0.659. The lowest BCUT2D eigenvalue weighted by atomic mass is 9.92. The Hall–Kier alpha value is -0.960. The first-order valence-electron chi connectivity index (χ1n) is 5.30. The minimum atomic E-state index is -0.359. The second-order valence-electron chi connectivity index (χ2n) is 4.30. The van der Waals surface area contributed by atoms with E-state index in [1.54, 1.807) is 0 Å². The molecule has 0 aromatic heterocycles. The molecule has 0 radical (unpaired) electrons. The highest BCUT2D eigenvalue weighted by atomic mass is 19.1. The van der Waals surface area contributed by atoms with E-state index in [1.165, 1.54) is 12.1 Å². The Bertz CT molecular complexity index is 363. The molecule has 15 heavy (non-hydrogen) atoms. The lowest BCUT2D eigenvalue weighted by Gasteiger charge is -2.44. The topological polar surface area (TPSA) is 3.24 Å². The summed E-state index contributed by atoms with van der Waals surface area (Å²) in [4.78, 5) is 2.18. The molecular formula is C12H15F2N. The van der Waals surface area contributed by atoms with E-state index in [0.29, 0.717) is 11.6 Å². The zero-order chi connectivity index (χ0) is 11.0. The molecule has 1 fully saturated rings. The summed E-state index contributed by atoms with van der Waals surface area (Å²) in [6, 6.07) is 4.12. The van der Waals surface area contributed by atoms with Crippen LogP contribution in [-0.4, -0.2) is 17.5 Å². The van der Waals surface area contributed by atoms with Crippen molar-refractivity contribution in [1.82, 2.24) is 4.90 Å². The molecule has 1 aromatic carbocycles. The zero-order valence-electron chi connectivity index (χ0n) is 9.00. The minimum absolute atomic E-state index is 0.0562. The van der Waals surface area contributed by atoms with Crippen LogP contribution in [0.4, 0.5) is 8.78 Å². The average Bonchev–Trinajstić information content (AvgIpc) is 2.08. The first-order chi connectivity index (χ1) is 7.09. The number of nitrogens with zero attached hydrogens (tertiary/aromatic N) is 1. The Kier molecular flexibility index (Phi) is 2.74. The third-order valence-corrected chi connectivity index (χ3v) is 3.04. The molecule has 1 nitrogen and oxygen atoms in total. The first kappa shape index (κ1) is 10.6. The molecular weight excluding hydrogens is 196 g/mol. The molecule has 1 aliphatic heterocycles. The van der Waals surface area contributed by atoms with Crippen LogP contribution in [0.3, 0.4) is 0 Å². The van der Waals surface area contributed by atoms with Gasteiger partial charge >= 0.3 is 0 Å². The molecule has 0 N–H and O–H groups in total. The summed E-state index contributed by atoms with van der Waals surface area (Å²) in [6.45, 7) is 5.12. The molecule has 0 amide bonds. The van der Waals surface area contributed by atoms with Gasteiger partial charge in [0, 0.05) is 24.2 Å². The van der Waals surface area contributed by atoms with E-state index in [-0.39, 0.29) is 17.7 Å². The molecule has 0 spiro atoms. The van der Waals surface area contributed by atoms with Gasteiger partial charge in [-0.3, -0.25) is 4.90 Å². The molecule has 1 aliphatic rings. The number of hydrogen-bond acceptors (Lipinski definition) is 1. The van der Waals surface area contributed by atoms with Crippen LogP contribution >= 0.6 is 0 Å². The van der Waals surface area contributed by atoms with Crippen LogP contribution in [0.1, 0.15) is 31.9 Å². The molecule has 3 heteroatoms. The highest BCUT2D eigenvalue weighted by Gasteiger charge is 2.32. The van der Waals surface area contributed by atoms with Gasteiger partial charge < -0.3 is 0 Å². The fraction of sp³-hybridized carbons (Fsp3) is 0.500. The number of rotatable bonds is 2. The summed E-state index contributed by atoms with van der Waals surface area (Å²) in [5, 5.41) is 0. The third-order valence-electron chi connectivity index (χ3n) is 3.04. The van der Waals surface area contributed by atoms with Crippen molar-refractivity contribution >= 4 is 0 Å². The smallest absolute Gasteiger partial charge is 0.128 e. The number of likely N-dealkylation sites (tertiary alicyclic amines) is 1. The largest absolute Gasteiger partial charge is 0.294 e. The average molecular weight is 211 g/mol. The molecule has 1 heterocycles. The van der Waals surface area contributed by atoms with Gasteiger partial charge in [-0.05, 0) is 38.5 Å². The maximum absolute atomic E-state index is 13.5. The van der Waals surface area contributed by atoms with Gasteiger partial charge in [0.05, 0.1) is 0 Å². The van der Waals surface area contributed by atoms with Crippen LogP contribution in [0.5, 0.6) is 0 Å². The van der Waals surface area contributed by atoms with E-state index in [1.807, 2.05) is 0 Å². The van der Waals surface area contributed by atoms with Crippen molar-refractivity contribution in [3.8, 4) is 0 Å². The maximum atomic E-state index is 13.5. The summed E-state index contributed by atoms with van der Waals surface area (Å²) in [6.07, 6.45) is 0.915. The Morgan fingerprint density at radius 1 is 1.33 bits per heavy atom. The van der Waals surface area contributed by atoms with Gasteiger partial charge in [-0.1, -0.05) is 0 Å². The lowest BCUT2D eigenvalue weighted by Crippen LogP contribution is -2.45. The van der Waals surface area contributed by atoms with Crippen molar-refractivity contribution in [3.63, 3.8) is 0 Å². The summed E-state index contributed by atoms with van der Waals surface area (Å²) < 4.78 is 26.5. The lowest BCUT2D eigenvalue weighted by molar-refractivity contribution is 0.0534. The highest BCUT2D eigenvalue weighted by Crippen LogP contribution is 2.36. The summed E-state index contributed by atoms with van der Waals surface area (Å²) in [5.41, 5.74) is 0.495. The van der Waals surface area contributed by atoms with Crippen LogP contribution in [0, 0.1) is 11.6 Å². The summed E-state index contributed by atoms with van der Waals surface area (Å²) in [7, 11) is 0. The van der Waals surface area contributed by atoms with E-state index >= 15 is 0 Å². The third kappa shape index (κ3) is 1.88. The van der Waals surface area contributed by atoms with Gasteiger partial charge in [0.1, 0.15) is 11.6 Å². The molecule has 1 unspecified atom stereocenters. The van der Waals surface area contributed by atoms with Gasteiger partial charge in [-0.15, -0.1) is 0 Å². The monoisotopic (exact) mass is 211 g/mol. The zero-order valence-corrected chi connectivity index (χ0v) is 9.00. The summed E-state index contributed by atoms with van der Waals surface area (Å²) >= 11 is 0. The molecule has 0 aliphatic carbocycles. The van der Waals surface area contributed by atoms with E-state index in [0.717, 1.165) is 19.0 Å². The first-order valence-corrected chi connectivity index (χ1v) is 5.30. The van der Waals surface area contributed by atoms with Gasteiger partial charge in [0.15, 0.2) is 0 Å². The van der Waals surface area contributed by atoms with Crippen molar-refractivity contribution in [2.75, 3.05) is 6.54 Å². The van der Waals surface area contributed by atoms with Crippen LogP contribution in [-0.2, 0) is 0 Å². The fourth-order valence-electron chi connectivity index (χ4n) is 2.13. The molecule has 0 bridgehead atoms. The highest BCUT2D eigenvalue weighted by molar-refractivity contribution is 5.24. The van der Waals surface area contributed by atoms with Crippen molar-refractivity contribution in [1.29, 1.82) is 0 Å². The van der Waals surface area contributed by atoms with Crippen molar-refractivity contribution in [2.24, 2.45) is 0 Å². The molecule has 1 saturated heterocycles. The van der Waals surface area contributed by atoms with Crippen molar-refractivity contribution < 1.29 is 8.78 Å². The predicted octanol–water partition coefficient (Wildman–Crippen LogP) is 3.12. The second kappa shape index (κ2) is 3.89. The molecule has 1 atom stereocenters. The quantitative estimate of drug-likeness (QED) is 0.726. The predicted molar refractivity (Wildman–Crippen MR) is 55.6 cm³/mol. The SMILES string of the molecule is CC(C)N1CCC1c1cc(F)ccc1F. The molecule has 2 rings (SSSR count). The Labute approximate surface area is 88.7 Å². The standard InChI is InChI=1S/C12H15F2N/c1-8(2)15-6-5-12(15)10-7-9(13)3-4-11(10)14/h3-4,7-8,12H,5-6H2,1-2H3. The maximum Gasteiger partial charge on any atom is 0.128 e. The Morgan fingerprint density at radius 2 is 2.07 bits per heavy atom. The van der Waals surface area contributed by atoms with Gasteiger partial charge in [-0.25, -0.2) is 8.78 Å². The van der Waals surface area contributed by atoms with E-state index < -0.39 is 0 Å².